The first-order valence-electron chi connectivity index (χ1n) is 4.98. The molecule has 1 saturated carbocycles. The van der Waals surface area contributed by atoms with Crippen molar-refractivity contribution in [3.8, 4) is 0 Å². The van der Waals surface area contributed by atoms with Gasteiger partial charge in [-0.25, -0.2) is 4.39 Å². The Morgan fingerprint density at radius 1 is 1.44 bits per heavy atom. The summed E-state index contributed by atoms with van der Waals surface area (Å²) in [6, 6.07) is 4.42. The van der Waals surface area contributed by atoms with Crippen LogP contribution >= 0.6 is 0 Å². The Balaban J connectivity index is 2.57. The van der Waals surface area contributed by atoms with E-state index in [1.807, 2.05) is 0 Å². The maximum Gasteiger partial charge on any atom is 0.315 e. The Morgan fingerprint density at radius 3 is 2.50 bits per heavy atom. The van der Waals surface area contributed by atoms with Crippen molar-refractivity contribution < 1.29 is 19.1 Å². The quantitative estimate of drug-likeness (QED) is 0.830. The predicted molar refractivity (Wildman–Crippen MR) is 54.7 cm³/mol. The van der Waals surface area contributed by atoms with E-state index < -0.39 is 17.2 Å². The molecule has 1 fully saturated rings. The topological polar surface area (TPSA) is 54.4 Å². The molecule has 0 aromatic heterocycles. The molecule has 0 heterocycles. The zero-order chi connectivity index (χ0) is 11.9. The second-order valence-corrected chi connectivity index (χ2v) is 4.21. The van der Waals surface area contributed by atoms with E-state index in [9.17, 15) is 19.1 Å². The van der Waals surface area contributed by atoms with E-state index in [1.165, 1.54) is 12.1 Å². The summed E-state index contributed by atoms with van der Waals surface area (Å²) in [5, 5.41) is 9.18. The van der Waals surface area contributed by atoms with Crippen LogP contribution in [0, 0.1) is 12.7 Å². The fraction of sp³-hybridized carbons (Fsp3) is 0.333. The molecule has 0 bridgehead atoms. The highest BCUT2D eigenvalue weighted by atomic mass is 19.1. The smallest absolute Gasteiger partial charge is 0.315 e. The standard InChI is InChI=1S/C12H11FO3/c1-7-3-2-4-9(13)10(7)12(11(15)16)5-8(14)6-12/h2-4H,5-6H2,1H3,(H,15,16). The molecule has 0 spiro atoms. The number of carboxylic acids is 1. The van der Waals surface area contributed by atoms with Crippen molar-refractivity contribution in [2.45, 2.75) is 25.2 Å². The predicted octanol–water partition coefficient (Wildman–Crippen LogP) is 1.82. The summed E-state index contributed by atoms with van der Waals surface area (Å²) in [6.07, 6.45) is -0.214. The van der Waals surface area contributed by atoms with Gasteiger partial charge in [-0.15, -0.1) is 0 Å². The third-order valence-electron chi connectivity index (χ3n) is 3.11. The number of rotatable bonds is 2. The van der Waals surface area contributed by atoms with Gasteiger partial charge >= 0.3 is 5.97 Å². The lowest BCUT2D eigenvalue weighted by atomic mass is 9.62. The van der Waals surface area contributed by atoms with Gasteiger partial charge in [-0.1, -0.05) is 12.1 Å². The Kier molecular flexibility index (Phi) is 2.30. The maximum absolute atomic E-state index is 13.7. The average molecular weight is 222 g/mol. The molecule has 0 amide bonds. The number of hydrogen-bond acceptors (Lipinski definition) is 2. The highest BCUT2D eigenvalue weighted by Crippen LogP contribution is 2.44. The van der Waals surface area contributed by atoms with Crippen LogP contribution in [0.25, 0.3) is 0 Å². The zero-order valence-electron chi connectivity index (χ0n) is 8.79. The van der Waals surface area contributed by atoms with Crippen molar-refractivity contribution >= 4 is 11.8 Å². The summed E-state index contributed by atoms with van der Waals surface area (Å²) < 4.78 is 13.7. The Labute approximate surface area is 91.9 Å². The fourth-order valence-corrected chi connectivity index (χ4v) is 2.29. The van der Waals surface area contributed by atoms with Crippen LogP contribution < -0.4 is 0 Å². The molecule has 4 heteroatoms. The first kappa shape index (κ1) is 10.8. The summed E-state index contributed by atoms with van der Waals surface area (Å²) >= 11 is 0. The average Bonchev–Trinajstić information content (AvgIpc) is 2.13. The van der Waals surface area contributed by atoms with Crippen LogP contribution in [0.4, 0.5) is 4.39 Å². The number of carboxylic acid groups (broad SMARTS) is 1. The summed E-state index contributed by atoms with van der Waals surface area (Å²) in [7, 11) is 0. The first-order chi connectivity index (χ1) is 7.47. The molecule has 0 unspecified atom stereocenters. The summed E-state index contributed by atoms with van der Waals surface area (Å²) in [6.45, 7) is 1.66. The SMILES string of the molecule is Cc1cccc(F)c1C1(C(=O)O)CC(=O)C1. The van der Waals surface area contributed by atoms with Crippen LogP contribution in [0.5, 0.6) is 0 Å². The molecule has 1 N–H and O–H groups in total. The number of aryl methyl sites for hydroxylation is 1. The second-order valence-electron chi connectivity index (χ2n) is 4.21. The largest absolute Gasteiger partial charge is 0.481 e. The van der Waals surface area contributed by atoms with Gasteiger partial charge in [0.1, 0.15) is 17.0 Å². The zero-order valence-corrected chi connectivity index (χ0v) is 8.79. The first-order valence-corrected chi connectivity index (χ1v) is 4.98. The molecule has 0 atom stereocenters. The number of Topliss-reactive ketones (excluding diaryl/α,β-unsaturated/α-hetero) is 1. The Bertz CT molecular complexity index is 451. The minimum atomic E-state index is -1.34. The van der Waals surface area contributed by atoms with E-state index in [4.69, 9.17) is 0 Å². The number of hydrogen-bond donors (Lipinski definition) is 1. The molecule has 0 aliphatic heterocycles. The molecule has 0 saturated heterocycles. The summed E-state index contributed by atoms with van der Waals surface area (Å²) in [5.41, 5.74) is -0.607. The van der Waals surface area contributed by atoms with E-state index in [0.29, 0.717) is 5.56 Å². The van der Waals surface area contributed by atoms with E-state index in [0.717, 1.165) is 0 Å². The van der Waals surface area contributed by atoms with Crippen LogP contribution in [-0.4, -0.2) is 16.9 Å². The molecular weight excluding hydrogens is 211 g/mol. The van der Waals surface area contributed by atoms with Crippen LogP contribution in [0.3, 0.4) is 0 Å². The minimum absolute atomic E-state index is 0.107. The number of ketones is 1. The summed E-state index contributed by atoms with van der Waals surface area (Å²) in [5.74, 6) is -1.81. The lowest BCUT2D eigenvalue weighted by Gasteiger charge is -2.37. The van der Waals surface area contributed by atoms with Gasteiger partial charge in [0.25, 0.3) is 0 Å². The molecule has 16 heavy (non-hydrogen) atoms. The second kappa shape index (κ2) is 3.40. The monoisotopic (exact) mass is 222 g/mol. The number of aliphatic carboxylic acids is 1. The van der Waals surface area contributed by atoms with Gasteiger partial charge in [0.2, 0.25) is 0 Å². The van der Waals surface area contributed by atoms with Crippen molar-refractivity contribution in [2.24, 2.45) is 0 Å². The van der Waals surface area contributed by atoms with Crippen molar-refractivity contribution in [3.63, 3.8) is 0 Å². The number of carbonyl (C=O) groups is 2. The van der Waals surface area contributed by atoms with Crippen LogP contribution in [-0.2, 0) is 15.0 Å². The van der Waals surface area contributed by atoms with E-state index in [1.54, 1.807) is 13.0 Å². The molecule has 1 aromatic carbocycles. The van der Waals surface area contributed by atoms with Gasteiger partial charge in [-0.3, -0.25) is 9.59 Å². The van der Waals surface area contributed by atoms with E-state index in [2.05, 4.69) is 0 Å². The Hall–Kier alpha value is -1.71. The molecule has 0 radical (unpaired) electrons. The molecular formula is C12H11FO3. The number of carbonyl (C=O) groups excluding carboxylic acids is 1. The highest BCUT2D eigenvalue weighted by Gasteiger charge is 2.53. The molecule has 84 valence electrons. The van der Waals surface area contributed by atoms with Crippen molar-refractivity contribution in [2.75, 3.05) is 0 Å². The molecule has 1 aromatic rings. The van der Waals surface area contributed by atoms with Gasteiger partial charge in [-0.2, -0.15) is 0 Å². The van der Waals surface area contributed by atoms with Gasteiger partial charge in [0, 0.05) is 18.4 Å². The molecule has 1 aliphatic rings. The summed E-state index contributed by atoms with van der Waals surface area (Å²) in [4.78, 5) is 22.3. The van der Waals surface area contributed by atoms with Crippen LogP contribution in [0.15, 0.2) is 18.2 Å². The van der Waals surface area contributed by atoms with Gasteiger partial charge in [-0.05, 0) is 18.6 Å². The maximum atomic E-state index is 13.7. The fourth-order valence-electron chi connectivity index (χ4n) is 2.29. The number of halogens is 1. The minimum Gasteiger partial charge on any atom is -0.481 e. The number of benzene rings is 1. The molecule has 1 aliphatic carbocycles. The third-order valence-corrected chi connectivity index (χ3v) is 3.11. The Morgan fingerprint density at radius 2 is 2.06 bits per heavy atom. The van der Waals surface area contributed by atoms with Crippen molar-refractivity contribution in [1.29, 1.82) is 0 Å². The van der Waals surface area contributed by atoms with Crippen LogP contribution in [0.1, 0.15) is 24.0 Å². The van der Waals surface area contributed by atoms with Crippen molar-refractivity contribution in [1.82, 2.24) is 0 Å². The third kappa shape index (κ3) is 1.33. The lowest BCUT2D eigenvalue weighted by Crippen LogP contribution is -2.49. The molecule has 3 nitrogen and oxygen atoms in total. The van der Waals surface area contributed by atoms with E-state index >= 15 is 0 Å². The lowest BCUT2D eigenvalue weighted by molar-refractivity contribution is -0.153. The highest BCUT2D eigenvalue weighted by molar-refractivity contribution is 6.01. The van der Waals surface area contributed by atoms with Crippen molar-refractivity contribution in [3.05, 3.63) is 35.1 Å². The van der Waals surface area contributed by atoms with Gasteiger partial charge in [0.05, 0.1) is 0 Å². The molecule has 2 rings (SSSR count). The normalized spacial score (nSPS) is 18.0. The van der Waals surface area contributed by atoms with Crippen LogP contribution in [0.2, 0.25) is 0 Å². The van der Waals surface area contributed by atoms with Gasteiger partial charge < -0.3 is 5.11 Å². The van der Waals surface area contributed by atoms with E-state index in [-0.39, 0.29) is 24.2 Å². The van der Waals surface area contributed by atoms with Gasteiger partial charge in [0.15, 0.2) is 0 Å².